The summed E-state index contributed by atoms with van der Waals surface area (Å²) in [5.41, 5.74) is 1.90. The van der Waals surface area contributed by atoms with Gasteiger partial charge in [-0.15, -0.1) is 0 Å². The fraction of sp³-hybridized carbons (Fsp3) is 0.556. The molecule has 1 unspecified atom stereocenters. The van der Waals surface area contributed by atoms with Gasteiger partial charge < -0.3 is 9.64 Å². The van der Waals surface area contributed by atoms with Gasteiger partial charge in [0, 0.05) is 18.7 Å². The molecule has 0 N–H and O–H groups in total. The Morgan fingerprint density at radius 2 is 1.73 bits per heavy atom. The van der Waals surface area contributed by atoms with Crippen molar-refractivity contribution >= 4 is 11.9 Å². The number of methoxy groups -OCH3 is 1. The Morgan fingerprint density at radius 3 is 2.14 bits per heavy atom. The minimum atomic E-state index is -0.331. The van der Waals surface area contributed by atoms with Gasteiger partial charge in [-0.25, -0.2) is 0 Å². The van der Waals surface area contributed by atoms with E-state index in [0.717, 1.165) is 0 Å². The highest BCUT2D eigenvalue weighted by molar-refractivity contribution is 5.94. The van der Waals surface area contributed by atoms with Crippen LogP contribution in [-0.2, 0) is 14.9 Å². The minimum absolute atomic E-state index is 0.0567. The van der Waals surface area contributed by atoms with Gasteiger partial charge in [-0.05, 0) is 30.0 Å². The summed E-state index contributed by atoms with van der Waals surface area (Å²) in [6.45, 7) is 11.0. The number of esters is 1. The summed E-state index contributed by atoms with van der Waals surface area (Å²) in [6.07, 6.45) is 0. The van der Waals surface area contributed by atoms with E-state index in [-0.39, 0.29) is 23.2 Å². The third kappa shape index (κ3) is 4.58. The zero-order chi connectivity index (χ0) is 16.9. The molecular weight excluding hydrogens is 278 g/mol. The number of amides is 1. The second-order valence-electron chi connectivity index (χ2n) is 6.60. The van der Waals surface area contributed by atoms with E-state index < -0.39 is 0 Å². The fourth-order valence-electron chi connectivity index (χ4n) is 2.26. The second kappa shape index (κ2) is 7.43. The first-order valence-electron chi connectivity index (χ1n) is 7.68. The number of rotatable bonds is 5. The summed E-state index contributed by atoms with van der Waals surface area (Å²) in [5, 5.41) is 0. The van der Waals surface area contributed by atoms with Crippen molar-refractivity contribution in [1.82, 2.24) is 4.90 Å². The molecule has 0 aliphatic carbocycles. The predicted octanol–water partition coefficient (Wildman–Crippen LogP) is 3.26. The molecule has 0 spiro atoms. The van der Waals surface area contributed by atoms with E-state index in [4.69, 9.17) is 4.74 Å². The maximum Gasteiger partial charge on any atom is 0.310 e. The van der Waals surface area contributed by atoms with Crippen LogP contribution in [0.5, 0.6) is 0 Å². The first-order chi connectivity index (χ1) is 10.2. The monoisotopic (exact) mass is 305 g/mol. The van der Waals surface area contributed by atoms with Gasteiger partial charge in [0.1, 0.15) is 0 Å². The summed E-state index contributed by atoms with van der Waals surface area (Å²) in [5.74, 6) is -0.684. The van der Waals surface area contributed by atoms with Gasteiger partial charge in [0.05, 0.1) is 13.0 Å². The molecule has 0 aliphatic rings. The highest BCUT2D eigenvalue weighted by atomic mass is 16.5. The average molecular weight is 305 g/mol. The van der Waals surface area contributed by atoms with E-state index >= 15 is 0 Å². The number of hydrogen-bond donors (Lipinski definition) is 0. The van der Waals surface area contributed by atoms with Crippen LogP contribution in [-0.4, -0.2) is 37.0 Å². The van der Waals surface area contributed by atoms with E-state index in [0.29, 0.717) is 18.7 Å². The van der Waals surface area contributed by atoms with Gasteiger partial charge >= 0.3 is 5.97 Å². The summed E-state index contributed by atoms with van der Waals surface area (Å²) in [4.78, 5) is 25.7. The molecule has 22 heavy (non-hydrogen) atoms. The highest BCUT2D eigenvalue weighted by Gasteiger charge is 2.22. The molecule has 0 aliphatic heterocycles. The molecule has 1 amide bonds. The number of nitrogens with zero attached hydrogens (tertiary/aromatic N) is 1. The summed E-state index contributed by atoms with van der Waals surface area (Å²) < 4.78 is 4.72. The lowest BCUT2D eigenvalue weighted by molar-refractivity contribution is -0.145. The van der Waals surface area contributed by atoms with E-state index in [1.165, 1.54) is 12.7 Å². The Labute approximate surface area is 133 Å². The molecule has 1 rings (SSSR count). The maximum absolute atomic E-state index is 12.6. The molecule has 0 aromatic heterocycles. The summed E-state index contributed by atoms with van der Waals surface area (Å²) >= 11 is 0. The molecule has 4 heteroatoms. The van der Waals surface area contributed by atoms with Crippen LogP contribution in [0, 0.1) is 5.92 Å². The summed E-state index contributed by atoms with van der Waals surface area (Å²) in [6, 6.07) is 7.69. The largest absolute Gasteiger partial charge is 0.469 e. The van der Waals surface area contributed by atoms with Crippen molar-refractivity contribution in [2.75, 3.05) is 20.2 Å². The van der Waals surface area contributed by atoms with Crippen LogP contribution in [0.1, 0.15) is 50.5 Å². The molecule has 0 fully saturated rings. The van der Waals surface area contributed by atoms with Crippen molar-refractivity contribution in [2.24, 2.45) is 5.92 Å². The number of benzene rings is 1. The molecule has 0 heterocycles. The quantitative estimate of drug-likeness (QED) is 0.784. The first kappa shape index (κ1) is 18.2. The molecule has 0 bridgehead atoms. The van der Waals surface area contributed by atoms with Crippen molar-refractivity contribution in [1.29, 1.82) is 0 Å². The minimum Gasteiger partial charge on any atom is -0.469 e. The van der Waals surface area contributed by atoms with Gasteiger partial charge in [0.15, 0.2) is 0 Å². The molecule has 4 nitrogen and oxygen atoms in total. The van der Waals surface area contributed by atoms with Crippen LogP contribution in [0.2, 0.25) is 0 Å². The van der Waals surface area contributed by atoms with Crippen LogP contribution in [0.4, 0.5) is 0 Å². The van der Waals surface area contributed by atoms with Crippen LogP contribution >= 0.6 is 0 Å². The molecular formula is C18H27NO3. The standard InChI is InChI=1S/C18H27NO3/c1-7-19(12-13(2)17(21)22-6)16(20)14-8-10-15(11-9-14)18(3,4)5/h8-11,13H,7,12H2,1-6H3. The second-order valence-corrected chi connectivity index (χ2v) is 6.60. The van der Waals surface area contributed by atoms with Crippen LogP contribution in [0.3, 0.4) is 0 Å². The number of ether oxygens (including phenoxy) is 1. The van der Waals surface area contributed by atoms with Gasteiger partial charge in [0.2, 0.25) is 0 Å². The van der Waals surface area contributed by atoms with Gasteiger partial charge in [-0.3, -0.25) is 9.59 Å². The third-order valence-corrected chi connectivity index (χ3v) is 3.76. The van der Waals surface area contributed by atoms with Crippen LogP contribution < -0.4 is 0 Å². The third-order valence-electron chi connectivity index (χ3n) is 3.76. The Kier molecular flexibility index (Phi) is 6.15. The van der Waals surface area contributed by atoms with Crippen LogP contribution in [0.25, 0.3) is 0 Å². The van der Waals surface area contributed by atoms with Crippen molar-refractivity contribution in [3.63, 3.8) is 0 Å². The molecule has 0 radical (unpaired) electrons. The van der Waals surface area contributed by atoms with Crippen molar-refractivity contribution in [2.45, 2.75) is 40.0 Å². The topological polar surface area (TPSA) is 46.6 Å². The fourth-order valence-corrected chi connectivity index (χ4v) is 2.26. The normalized spacial score (nSPS) is 12.6. The van der Waals surface area contributed by atoms with E-state index in [1.54, 1.807) is 11.8 Å². The van der Waals surface area contributed by atoms with E-state index in [1.807, 2.05) is 31.2 Å². The smallest absolute Gasteiger partial charge is 0.310 e. The molecule has 1 atom stereocenters. The predicted molar refractivity (Wildman–Crippen MR) is 87.9 cm³/mol. The van der Waals surface area contributed by atoms with Crippen molar-refractivity contribution < 1.29 is 14.3 Å². The lowest BCUT2D eigenvalue weighted by Crippen LogP contribution is -2.37. The molecule has 0 saturated carbocycles. The number of carbonyl (C=O) groups is 2. The summed E-state index contributed by atoms with van der Waals surface area (Å²) in [7, 11) is 1.36. The molecule has 0 saturated heterocycles. The zero-order valence-corrected chi connectivity index (χ0v) is 14.5. The van der Waals surface area contributed by atoms with Gasteiger partial charge in [0.25, 0.3) is 5.91 Å². The van der Waals surface area contributed by atoms with Crippen LogP contribution in [0.15, 0.2) is 24.3 Å². The molecule has 1 aromatic rings. The lowest BCUT2D eigenvalue weighted by atomic mass is 9.86. The van der Waals surface area contributed by atoms with E-state index in [9.17, 15) is 9.59 Å². The Bertz CT molecular complexity index is 514. The van der Waals surface area contributed by atoms with Crippen molar-refractivity contribution in [3.8, 4) is 0 Å². The maximum atomic E-state index is 12.6. The zero-order valence-electron chi connectivity index (χ0n) is 14.5. The molecule has 122 valence electrons. The van der Waals surface area contributed by atoms with Gasteiger partial charge in [-0.1, -0.05) is 39.8 Å². The SMILES string of the molecule is CCN(CC(C)C(=O)OC)C(=O)c1ccc(C(C)(C)C)cc1. The highest BCUT2D eigenvalue weighted by Crippen LogP contribution is 2.22. The Morgan fingerprint density at radius 1 is 1.18 bits per heavy atom. The number of hydrogen-bond acceptors (Lipinski definition) is 3. The van der Waals surface area contributed by atoms with Gasteiger partial charge in [-0.2, -0.15) is 0 Å². The average Bonchev–Trinajstić information content (AvgIpc) is 2.50. The lowest BCUT2D eigenvalue weighted by Gasteiger charge is -2.24. The van der Waals surface area contributed by atoms with Crippen molar-refractivity contribution in [3.05, 3.63) is 35.4 Å². The first-order valence-corrected chi connectivity index (χ1v) is 7.68. The number of carbonyl (C=O) groups excluding carboxylic acids is 2. The Hall–Kier alpha value is -1.84. The Balaban J connectivity index is 2.86. The van der Waals surface area contributed by atoms with E-state index in [2.05, 4.69) is 20.8 Å². The molecule has 1 aromatic carbocycles.